The minimum absolute atomic E-state index is 1.25. The Morgan fingerprint density at radius 3 is 1.22 bits per heavy atom. The first kappa shape index (κ1) is 36.9. The standard InChI is InChI=1S/C12H13N.C8H11N.5C2H6/c1-13(2)12-9-5-7-10-6-3-4-8-11(10)12;1-9(2)8-6-4-3-5-7-8;5*1-2/h3-9H,1-2H3;3-7H,1-2H3;5*1-2H3. The van der Waals surface area contributed by atoms with Gasteiger partial charge in [0.15, 0.2) is 0 Å². The van der Waals surface area contributed by atoms with Crippen molar-refractivity contribution in [2.75, 3.05) is 38.0 Å². The zero-order valence-electron chi connectivity index (χ0n) is 23.8. The summed E-state index contributed by atoms with van der Waals surface area (Å²) >= 11 is 0. The third kappa shape index (κ3) is 16.2. The summed E-state index contributed by atoms with van der Waals surface area (Å²) in [6.07, 6.45) is 0. The molecule has 0 aliphatic rings. The van der Waals surface area contributed by atoms with Crippen molar-refractivity contribution in [1.29, 1.82) is 0 Å². The monoisotopic (exact) mass is 442 g/mol. The van der Waals surface area contributed by atoms with E-state index in [4.69, 9.17) is 0 Å². The normalized spacial score (nSPS) is 7.69. The Morgan fingerprint density at radius 1 is 0.406 bits per heavy atom. The number of hydrogen-bond acceptors (Lipinski definition) is 2. The minimum Gasteiger partial charge on any atom is -0.378 e. The van der Waals surface area contributed by atoms with Crippen LogP contribution in [0.2, 0.25) is 0 Å². The Morgan fingerprint density at radius 2 is 0.812 bits per heavy atom. The molecule has 0 spiro atoms. The van der Waals surface area contributed by atoms with E-state index in [9.17, 15) is 0 Å². The van der Waals surface area contributed by atoms with E-state index in [0.717, 1.165) is 0 Å². The maximum Gasteiger partial charge on any atom is 0.0440 e. The SMILES string of the molecule is CC.CC.CC.CC.CC.CN(C)c1cccc2ccccc12.CN(C)c1ccccc1. The lowest BCUT2D eigenvalue weighted by molar-refractivity contribution is 1.13. The summed E-state index contributed by atoms with van der Waals surface area (Å²) in [6.45, 7) is 20.0. The van der Waals surface area contributed by atoms with Gasteiger partial charge in [0.1, 0.15) is 0 Å². The minimum atomic E-state index is 1.25. The average molecular weight is 443 g/mol. The number of rotatable bonds is 2. The second kappa shape index (κ2) is 28.5. The van der Waals surface area contributed by atoms with Crippen LogP contribution >= 0.6 is 0 Å². The average Bonchev–Trinajstić information content (AvgIpc) is 2.90. The topological polar surface area (TPSA) is 6.48 Å². The largest absolute Gasteiger partial charge is 0.378 e. The van der Waals surface area contributed by atoms with E-state index in [1.807, 2.05) is 102 Å². The van der Waals surface area contributed by atoms with Gasteiger partial charge in [0, 0.05) is 45.0 Å². The highest BCUT2D eigenvalue weighted by Gasteiger charge is 1.99. The Balaban J connectivity index is -0.000000181. The molecule has 0 bridgehead atoms. The molecule has 184 valence electrons. The number of nitrogens with zero attached hydrogens (tertiary/aromatic N) is 2. The molecule has 0 amide bonds. The first-order chi connectivity index (χ1) is 15.6. The molecular formula is C30H54N2. The maximum absolute atomic E-state index is 2.16. The Labute approximate surface area is 202 Å². The third-order valence-corrected chi connectivity index (χ3v) is 3.52. The first-order valence-electron chi connectivity index (χ1n) is 12.5. The third-order valence-electron chi connectivity index (χ3n) is 3.52. The lowest BCUT2D eigenvalue weighted by atomic mass is 10.1. The van der Waals surface area contributed by atoms with E-state index in [-0.39, 0.29) is 0 Å². The van der Waals surface area contributed by atoms with E-state index < -0.39 is 0 Å². The van der Waals surface area contributed by atoms with E-state index in [1.54, 1.807) is 0 Å². The Hall–Kier alpha value is -2.48. The molecule has 0 aliphatic carbocycles. The molecule has 0 heterocycles. The van der Waals surface area contributed by atoms with Crippen LogP contribution in [0.5, 0.6) is 0 Å². The zero-order valence-corrected chi connectivity index (χ0v) is 23.8. The van der Waals surface area contributed by atoms with Crippen LogP contribution in [-0.2, 0) is 0 Å². The molecule has 2 nitrogen and oxygen atoms in total. The maximum atomic E-state index is 2.16. The van der Waals surface area contributed by atoms with Gasteiger partial charge in [0.05, 0.1) is 0 Å². The van der Waals surface area contributed by atoms with E-state index in [2.05, 4.69) is 78.5 Å². The summed E-state index contributed by atoms with van der Waals surface area (Å²) in [4.78, 5) is 4.22. The van der Waals surface area contributed by atoms with Gasteiger partial charge in [-0.25, -0.2) is 0 Å². The van der Waals surface area contributed by atoms with Gasteiger partial charge in [-0.15, -0.1) is 0 Å². The van der Waals surface area contributed by atoms with E-state index >= 15 is 0 Å². The fraction of sp³-hybridized carbons (Fsp3) is 0.467. The second-order valence-corrected chi connectivity index (χ2v) is 5.62. The van der Waals surface area contributed by atoms with E-state index in [1.165, 1.54) is 22.1 Å². The molecule has 2 heteroatoms. The summed E-state index contributed by atoms with van der Waals surface area (Å²) < 4.78 is 0. The lowest BCUT2D eigenvalue weighted by Crippen LogP contribution is -2.08. The second-order valence-electron chi connectivity index (χ2n) is 5.62. The molecule has 0 fully saturated rings. The van der Waals surface area contributed by atoms with Crippen molar-refractivity contribution in [2.24, 2.45) is 0 Å². The van der Waals surface area contributed by atoms with Gasteiger partial charge in [-0.1, -0.05) is 124 Å². The predicted octanol–water partition coefficient (Wildman–Crippen LogP) is 9.79. The highest BCUT2D eigenvalue weighted by Crippen LogP contribution is 2.24. The molecule has 3 aromatic rings. The quantitative estimate of drug-likeness (QED) is 0.389. The summed E-state index contributed by atoms with van der Waals surface area (Å²) in [5, 5.41) is 2.61. The zero-order chi connectivity index (χ0) is 25.9. The Kier molecular flexibility index (Phi) is 32.9. The van der Waals surface area contributed by atoms with Crippen LogP contribution in [0.25, 0.3) is 10.8 Å². The molecule has 0 aromatic heterocycles. The molecule has 0 radical (unpaired) electrons. The molecule has 0 saturated heterocycles. The van der Waals surface area contributed by atoms with Gasteiger partial charge in [-0.3, -0.25) is 0 Å². The number of anilines is 2. The molecule has 32 heavy (non-hydrogen) atoms. The van der Waals surface area contributed by atoms with Crippen LogP contribution in [0.1, 0.15) is 69.2 Å². The number of para-hydroxylation sites is 1. The van der Waals surface area contributed by atoms with Gasteiger partial charge in [-0.2, -0.15) is 0 Å². The molecule has 0 unspecified atom stereocenters. The molecule has 0 saturated carbocycles. The van der Waals surface area contributed by atoms with Crippen LogP contribution in [0.4, 0.5) is 11.4 Å². The van der Waals surface area contributed by atoms with Crippen LogP contribution in [0.3, 0.4) is 0 Å². The number of benzene rings is 3. The van der Waals surface area contributed by atoms with Crippen molar-refractivity contribution in [1.82, 2.24) is 0 Å². The summed E-state index contributed by atoms with van der Waals surface area (Å²) in [5.74, 6) is 0. The molecule has 3 aromatic carbocycles. The van der Waals surface area contributed by atoms with Crippen LogP contribution < -0.4 is 9.80 Å². The summed E-state index contributed by atoms with van der Waals surface area (Å²) in [6, 6.07) is 25.1. The highest BCUT2D eigenvalue weighted by molar-refractivity contribution is 5.94. The van der Waals surface area contributed by atoms with Crippen molar-refractivity contribution in [3.63, 3.8) is 0 Å². The fourth-order valence-corrected chi connectivity index (χ4v) is 2.32. The smallest absolute Gasteiger partial charge is 0.0440 e. The van der Waals surface area contributed by atoms with Gasteiger partial charge in [0.25, 0.3) is 0 Å². The van der Waals surface area contributed by atoms with Crippen LogP contribution in [-0.4, -0.2) is 28.2 Å². The van der Waals surface area contributed by atoms with Gasteiger partial charge in [0.2, 0.25) is 0 Å². The first-order valence-corrected chi connectivity index (χ1v) is 12.5. The van der Waals surface area contributed by atoms with Crippen LogP contribution in [0.15, 0.2) is 72.8 Å². The van der Waals surface area contributed by atoms with Crippen molar-refractivity contribution in [3.8, 4) is 0 Å². The number of fused-ring (bicyclic) bond motifs is 1. The molecule has 0 aliphatic heterocycles. The van der Waals surface area contributed by atoms with Gasteiger partial charge in [-0.05, 0) is 23.6 Å². The van der Waals surface area contributed by atoms with Crippen molar-refractivity contribution in [2.45, 2.75) is 69.2 Å². The predicted molar refractivity (Wildman–Crippen MR) is 156 cm³/mol. The highest BCUT2D eigenvalue weighted by atomic mass is 15.1. The molecule has 0 N–H and O–H groups in total. The van der Waals surface area contributed by atoms with Crippen molar-refractivity contribution >= 4 is 22.1 Å². The molecule has 3 rings (SSSR count). The van der Waals surface area contributed by atoms with Gasteiger partial charge < -0.3 is 9.80 Å². The van der Waals surface area contributed by atoms with Crippen molar-refractivity contribution in [3.05, 3.63) is 72.8 Å². The summed E-state index contributed by atoms with van der Waals surface area (Å²) in [5.41, 5.74) is 2.52. The van der Waals surface area contributed by atoms with Gasteiger partial charge >= 0.3 is 0 Å². The Bertz CT molecular complexity index is 699. The van der Waals surface area contributed by atoms with Crippen LogP contribution in [0, 0.1) is 0 Å². The molecule has 0 atom stereocenters. The fourth-order valence-electron chi connectivity index (χ4n) is 2.32. The summed E-state index contributed by atoms with van der Waals surface area (Å²) in [7, 11) is 8.22. The lowest BCUT2D eigenvalue weighted by Gasteiger charge is -2.14. The van der Waals surface area contributed by atoms with E-state index in [0.29, 0.717) is 0 Å². The number of hydrogen-bond donors (Lipinski definition) is 0. The van der Waals surface area contributed by atoms with Crippen molar-refractivity contribution < 1.29 is 0 Å². The molecular weight excluding hydrogens is 388 g/mol.